The van der Waals surface area contributed by atoms with Crippen LogP contribution in [0, 0.1) is 17.3 Å². The Bertz CT molecular complexity index is 939. The number of rotatable bonds is 6. The van der Waals surface area contributed by atoms with E-state index in [0.717, 1.165) is 62.1 Å². The molecule has 0 radical (unpaired) electrons. The Hall–Kier alpha value is -2.21. The molecule has 2 aromatic rings. The van der Waals surface area contributed by atoms with Crippen LogP contribution in [0.1, 0.15) is 71.8 Å². The highest BCUT2D eigenvalue weighted by Gasteiger charge is 2.31. The first-order valence-electron chi connectivity index (χ1n) is 12.6. The molecule has 6 nitrogen and oxygen atoms in total. The molecule has 2 aliphatic rings. The quantitative estimate of drug-likeness (QED) is 0.547. The van der Waals surface area contributed by atoms with Gasteiger partial charge in [0.2, 0.25) is 0 Å². The van der Waals surface area contributed by atoms with Crippen molar-refractivity contribution in [3.05, 3.63) is 30.0 Å². The minimum Gasteiger partial charge on any atom is -0.466 e. The average Bonchev–Trinajstić information content (AvgIpc) is 2.79. The SMILES string of the molecule is CCOC(=O)C1CCN(Cc2ccc3nc(OC4CCC(C(C)(C)C)CC4)ncc3c2)CC1. The molecular weight excluding hydrogens is 414 g/mol. The Balaban J connectivity index is 1.31. The summed E-state index contributed by atoms with van der Waals surface area (Å²) in [5, 5.41) is 1.04. The molecule has 0 unspecified atom stereocenters. The number of esters is 1. The van der Waals surface area contributed by atoms with E-state index in [2.05, 4.69) is 53.8 Å². The maximum Gasteiger partial charge on any atom is 0.317 e. The summed E-state index contributed by atoms with van der Waals surface area (Å²) in [5.74, 6) is 0.776. The first kappa shape index (κ1) is 23.9. The second kappa shape index (κ2) is 10.4. The molecule has 1 aromatic carbocycles. The van der Waals surface area contributed by atoms with Gasteiger partial charge < -0.3 is 9.47 Å². The van der Waals surface area contributed by atoms with Crippen LogP contribution >= 0.6 is 0 Å². The third-order valence-corrected chi connectivity index (χ3v) is 7.41. The van der Waals surface area contributed by atoms with Crippen molar-refractivity contribution in [1.82, 2.24) is 14.9 Å². The molecule has 6 heteroatoms. The van der Waals surface area contributed by atoms with Crippen LogP contribution in [0.4, 0.5) is 0 Å². The largest absolute Gasteiger partial charge is 0.466 e. The number of likely N-dealkylation sites (tertiary alicyclic amines) is 1. The zero-order valence-corrected chi connectivity index (χ0v) is 20.7. The third-order valence-electron chi connectivity index (χ3n) is 7.41. The number of hydrogen-bond acceptors (Lipinski definition) is 6. The van der Waals surface area contributed by atoms with Gasteiger partial charge >= 0.3 is 12.0 Å². The summed E-state index contributed by atoms with van der Waals surface area (Å²) in [6.45, 7) is 12.1. The number of ether oxygens (including phenoxy) is 2. The third kappa shape index (κ3) is 6.23. The van der Waals surface area contributed by atoms with Gasteiger partial charge in [-0.2, -0.15) is 4.98 Å². The standard InChI is InChI=1S/C27H39N3O3/c1-5-32-25(31)20-12-14-30(15-13-20)18-19-6-11-24-21(16-19)17-28-26(29-24)33-23-9-7-22(8-10-23)27(2,3)4/h6,11,16-17,20,22-23H,5,7-10,12-15,18H2,1-4H3. The molecule has 2 heterocycles. The number of benzene rings is 1. The highest BCUT2D eigenvalue weighted by atomic mass is 16.5. The Morgan fingerprint density at radius 3 is 2.48 bits per heavy atom. The molecule has 1 aliphatic carbocycles. The van der Waals surface area contributed by atoms with E-state index in [1.54, 1.807) is 0 Å². The van der Waals surface area contributed by atoms with Crippen LogP contribution in [0.3, 0.4) is 0 Å². The molecule has 2 fully saturated rings. The Morgan fingerprint density at radius 2 is 1.82 bits per heavy atom. The first-order valence-corrected chi connectivity index (χ1v) is 12.6. The van der Waals surface area contributed by atoms with Crippen LogP contribution < -0.4 is 4.74 Å². The van der Waals surface area contributed by atoms with Gasteiger partial charge in [-0.1, -0.05) is 26.8 Å². The molecule has 1 saturated carbocycles. The van der Waals surface area contributed by atoms with Crippen molar-refractivity contribution < 1.29 is 14.3 Å². The maximum atomic E-state index is 12.0. The number of piperidine rings is 1. The van der Waals surface area contributed by atoms with Gasteiger partial charge in [0, 0.05) is 18.1 Å². The van der Waals surface area contributed by atoms with Crippen LogP contribution in [-0.2, 0) is 16.1 Å². The number of nitrogens with zero attached hydrogens (tertiary/aromatic N) is 3. The van der Waals surface area contributed by atoms with Gasteiger partial charge in [0.05, 0.1) is 18.0 Å². The van der Waals surface area contributed by atoms with E-state index in [0.29, 0.717) is 18.0 Å². The molecule has 0 atom stereocenters. The average molecular weight is 454 g/mol. The van der Waals surface area contributed by atoms with Crippen molar-refractivity contribution in [1.29, 1.82) is 0 Å². The van der Waals surface area contributed by atoms with Crippen LogP contribution in [0.15, 0.2) is 24.4 Å². The summed E-state index contributed by atoms with van der Waals surface area (Å²) in [6.07, 6.45) is 8.42. The molecule has 33 heavy (non-hydrogen) atoms. The highest BCUT2D eigenvalue weighted by Crippen LogP contribution is 2.38. The Morgan fingerprint density at radius 1 is 1.09 bits per heavy atom. The van der Waals surface area contributed by atoms with E-state index < -0.39 is 0 Å². The summed E-state index contributed by atoms with van der Waals surface area (Å²) in [6, 6.07) is 6.88. The van der Waals surface area contributed by atoms with Gasteiger partial charge in [0.25, 0.3) is 0 Å². The van der Waals surface area contributed by atoms with Crippen molar-refractivity contribution in [2.45, 2.75) is 78.9 Å². The Labute approximate surface area is 198 Å². The monoisotopic (exact) mass is 453 g/mol. The summed E-state index contributed by atoms with van der Waals surface area (Å²) in [5.41, 5.74) is 2.54. The van der Waals surface area contributed by atoms with Crippen LogP contribution in [0.5, 0.6) is 6.01 Å². The number of carbonyl (C=O) groups is 1. The molecule has 1 aromatic heterocycles. The smallest absolute Gasteiger partial charge is 0.317 e. The number of carbonyl (C=O) groups excluding carboxylic acids is 1. The molecule has 0 spiro atoms. The van der Waals surface area contributed by atoms with Gasteiger partial charge in [-0.15, -0.1) is 0 Å². The van der Waals surface area contributed by atoms with Gasteiger partial charge in [-0.25, -0.2) is 4.98 Å². The molecule has 4 rings (SSSR count). The van der Waals surface area contributed by atoms with Gasteiger partial charge in [-0.3, -0.25) is 9.69 Å². The zero-order chi connectivity index (χ0) is 23.4. The summed E-state index contributed by atoms with van der Waals surface area (Å²) < 4.78 is 11.3. The number of fused-ring (bicyclic) bond motifs is 1. The van der Waals surface area contributed by atoms with Crippen molar-refractivity contribution in [3.8, 4) is 6.01 Å². The van der Waals surface area contributed by atoms with Gasteiger partial charge in [0.15, 0.2) is 0 Å². The predicted molar refractivity (Wildman–Crippen MR) is 130 cm³/mol. The fraction of sp³-hybridized carbons (Fsp3) is 0.667. The molecule has 0 bridgehead atoms. The molecular formula is C27H39N3O3. The van der Waals surface area contributed by atoms with Gasteiger partial charge in [0.1, 0.15) is 6.10 Å². The normalized spacial score (nSPS) is 22.9. The fourth-order valence-electron chi connectivity index (χ4n) is 5.26. The van der Waals surface area contributed by atoms with E-state index in [1.165, 1.54) is 18.4 Å². The Kier molecular flexibility index (Phi) is 7.52. The lowest BCUT2D eigenvalue weighted by atomic mass is 9.72. The maximum absolute atomic E-state index is 12.0. The van der Waals surface area contributed by atoms with Crippen molar-refractivity contribution in [2.75, 3.05) is 19.7 Å². The van der Waals surface area contributed by atoms with Crippen LogP contribution in [-0.4, -0.2) is 46.6 Å². The van der Waals surface area contributed by atoms with E-state index in [1.807, 2.05) is 13.1 Å². The topological polar surface area (TPSA) is 64.5 Å². The van der Waals surface area contributed by atoms with E-state index in [9.17, 15) is 4.79 Å². The molecule has 0 N–H and O–H groups in total. The summed E-state index contributed by atoms with van der Waals surface area (Å²) in [4.78, 5) is 23.5. The van der Waals surface area contributed by atoms with E-state index >= 15 is 0 Å². The van der Waals surface area contributed by atoms with Crippen molar-refractivity contribution in [2.24, 2.45) is 17.3 Å². The summed E-state index contributed by atoms with van der Waals surface area (Å²) >= 11 is 0. The minimum atomic E-state index is -0.0414. The van der Waals surface area contributed by atoms with Crippen LogP contribution in [0.25, 0.3) is 10.9 Å². The lowest BCUT2D eigenvalue weighted by Crippen LogP contribution is -2.36. The van der Waals surface area contributed by atoms with Crippen LogP contribution in [0.2, 0.25) is 0 Å². The second-order valence-corrected chi connectivity index (χ2v) is 10.8. The molecule has 0 amide bonds. The predicted octanol–water partition coefficient (Wildman–Crippen LogP) is 5.39. The van der Waals surface area contributed by atoms with Crippen molar-refractivity contribution >= 4 is 16.9 Å². The number of aromatic nitrogens is 2. The minimum absolute atomic E-state index is 0.0414. The second-order valence-electron chi connectivity index (χ2n) is 10.8. The molecule has 180 valence electrons. The lowest BCUT2D eigenvalue weighted by molar-refractivity contribution is -0.149. The van der Waals surface area contributed by atoms with Gasteiger partial charge in [-0.05, 0) is 87.6 Å². The van der Waals surface area contributed by atoms with E-state index in [4.69, 9.17) is 9.47 Å². The van der Waals surface area contributed by atoms with E-state index in [-0.39, 0.29) is 18.0 Å². The fourth-order valence-corrected chi connectivity index (χ4v) is 5.26. The number of hydrogen-bond donors (Lipinski definition) is 0. The first-order chi connectivity index (χ1) is 15.8. The van der Waals surface area contributed by atoms with Crippen molar-refractivity contribution in [3.63, 3.8) is 0 Å². The molecule has 1 aliphatic heterocycles. The highest BCUT2D eigenvalue weighted by molar-refractivity contribution is 5.78. The lowest BCUT2D eigenvalue weighted by Gasteiger charge is -2.36. The zero-order valence-electron chi connectivity index (χ0n) is 20.7. The molecule has 1 saturated heterocycles. The summed E-state index contributed by atoms with van der Waals surface area (Å²) in [7, 11) is 0.